The third-order valence-electron chi connectivity index (χ3n) is 3.18. The first-order valence-electron chi connectivity index (χ1n) is 6.46. The summed E-state index contributed by atoms with van der Waals surface area (Å²) in [7, 11) is 0. The van der Waals surface area contributed by atoms with E-state index in [0.717, 1.165) is 25.9 Å². The Bertz CT molecular complexity index is 453. The second kappa shape index (κ2) is 6.70. The highest BCUT2D eigenvalue weighted by Crippen LogP contribution is 2.15. The molecule has 1 fully saturated rings. The van der Waals surface area contributed by atoms with E-state index in [1.165, 1.54) is 6.42 Å². The summed E-state index contributed by atoms with van der Waals surface area (Å²) < 4.78 is 0. The molecule has 1 aliphatic rings. The molecule has 19 heavy (non-hydrogen) atoms. The van der Waals surface area contributed by atoms with Gasteiger partial charge in [-0.15, -0.1) is 0 Å². The topological polar surface area (TPSA) is 49.4 Å². The maximum Gasteiger partial charge on any atom is 0.253 e. The average Bonchev–Trinajstić information content (AvgIpc) is 2.48. The predicted molar refractivity (Wildman–Crippen MR) is 78.6 cm³/mol. The van der Waals surface area contributed by atoms with E-state index in [2.05, 4.69) is 21.2 Å². The summed E-state index contributed by atoms with van der Waals surface area (Å²) in [5, 5.41) is 2.99. The molecule has 102 valence electrons. The van der Waals surface area contributed by atoms with E-state index in [9.17, 15) is 9.59 Å². The van der Waals surface area contributed by atoms with Crippen molar-refractivity contribution in [2.45, 2.75) is 19.3 Å². The lowest BCUT2D eigenvalue weighted by Crippen LogP contribution is -2.35. The van der Waals surface area contributed by atoms with E-state index in [-0.39, 0.29) is 17.1 Å². The monoisotopic (exact) mass is 324 g/mol. The molecule has 2 amide bonds. The van der Waals surface area contributed by atoms with Gasteiger partial charge in [-0.1, -0.05) is 15.9 Å². The zero-order valence-corrected chi connectivity index (χ0v) is 12.3. The van der Waals surface area contributed by atoms with E-state index in [1.54, 1.807) is 24.3 Å². The number of nitrogens with zero attached hydrogens (tertiary/aromatic N) is 1. The Hall–Kier alpha value is -1.36. The first-order chi connectivity index (χ1) is 9.20. The third-order valence-corrected chi connectivity index (χ3v) is 3.69. The number of halogens is 1. The van der Waals surface area contributed by atoms with Gasteiger partial charge in [0.2, 0.25) is 5.91 Å². The van der Waals surface area contributed by atoms with Gasteiger partial charge >= 0.3 is 0 Å². The van der Waals surface area contributed by atoms with E-state index < -0.39 is 0 Å². The number of alkyl halides is 1. The van der Waals surface area contributed by atoms with Crippen molar-refractivity contribution in [3.05, 3.63) is 29.8 Å². The van der Waals surface area contributed by atoms with E-state index in [0.29, 0.717) is 11.3 Å². The zero-order chi connectivity index (χ0) is 13.7. The summed E-state index contributed by atoms with van der Waals surface area (Å²) >= 11 is 3.09. The van der Waals surface area contributed by atoms with Gasteiger partial charge in [0.15, 0.2) is 0 Å². The lowest BCUT2D eigenvalue weighted by atomic mass is 10.1. The van der Waals surface area contributed by atoms with Crippen molar-refractivity contribution in [2.75, 3.05) is 23.7 Å². The molecule has 0 aromatic heterocycles. The Morgan fingerprint density at radius 2 is 1.74 bits per heavy atom. The number of piperidine rings is 1. The number of amides is 2. The Balaban J connectivity index is 2.01. The molecule has 5 heteroatoms. The van der Waals surface area contributed by atoms with Gasteiger partial charge in [0.05, 0.1) is 5.33 Å². The Morgan fingerprint density at radius 3 is 2.32 bits per heavy atom. The van der Waals surface area contributed by atoms with Crippen molar-refractivity contribution < 1.29 is 9.59 Å². The van der Waals surface area contributed by atoms with E-state index >= 15 is 0 Å². The molecular formula is C14H17BrN2O2. The van der Waals surface area contributed by atoms with Crippen LogP contribution >= 0.6 is 15.9 Å². The minimum absolute atomic E-state index is 0.0815. The molecule has 1 aromatic rings. The van der Waals surface area contributed by atoms with Crippen LogP contribution in [-0.4, -0.2) is 35.1 Å². The van der Waals surface area contributed by atoms with Crippen LogP contribution in [0.3, 0.4) is 0 Å². The molecule has 0 spiro atoms. The SMILES string of the molecule is O=C(CBr)Nc1ccc(C(=O)N2CCCCC2)cc1. The fraction of sp³-hybridized carbons (Fsp3) is 0.429. The number of carbonyl (C=O) groups excluding carboxylic acids is 2. The van der Waals surface area contributed by atoms with Gasteiger partial charge in [-0.3, -0.25) is 9.59 Å². The molecule has 0 saturated carbocycles. The average molecular weight is 325 g/mol. The van der Waals surface area contributed by atoms with Crippen LogP contribution in [0.4, 0.5) is 5.69 Å². The van der Waals surface area contributed by atoms with Crippen LogP contribution in [0.15, 0.2) is 24.3 Å². The van der Waals surface area contributed by atoms with Crippen LogP contribution < -0.4 is 5.32 Å². The number of likely N-dealkylation sites (tertiary alicyclic amines) is 1. The van der Waals surface area contributed by atoms with Crippen LogP contribution in [-0.2, 0) is 4.79 Å². The number of anilines is 1. The van der Waals surface area contributed by atoms with E-state index in [4.69, 9.17) is 0 Å². The maximum atomic E-state index is 12.2. The molecule has 1 heterocycles. The largest absolute Gasteiger partial charge is 0.339 e. The fourth-order valence-corrected chi connectivity index (χ4v) is 2.31. The highest BCUT2D eigenvalue weighted by atomic mass is 79.9. The lowest BCUT2D eigenvalue weighted by Gasteiger charge is -2.26. The van der Waals surface area contributed by atoms with Crippen LogP contribution in [0.5, 0.6) is 0 Å². The van der Waals surface area contributed by atoms with Gasteiger partial charge in [-0.2, -0.15) is 0 Å². The first-order valence-corrected chi connectivity index (χ1v) is 7.58. The van der Waals surface area contributed by atoms with Gasteiger partial charge in [-0.05, 0) is 43.5 Å². The van der Waals surface area contributed by atoms with Gasteiger partial charge in [-0.25, -0.2) is 0 Å². The Morgan fingerprint density at radius 1 is 1.11 bits per heavy atom. The molecule has 1 aromatic carbocycles. The van der Waals surface area contributed by atoms with Crippen molar-refractivity contribution in [1.29, 1.82) is 0 Å². The highest BCUT2D eigenvalue weighted by Gasteiger charge is 2.17. The predicted octanol–water partition coefficient (Wildman–Crippen LogP) is 2.65. The van der Waals surface area contributed by atoms with Crippen LogP contribution in [0.25, 0.3) is 0 Å². The first kappa shape index (κ1) is 14.1. The van der Waals surface area contributed by atoms with Gasteiger partial charge in [0, 0.05) is 24.3 Å². The Labute approximate surface area is 121 Å². The Kier molecular flexibility index (Phi) is 4.96. The number of hydrogen-bond donors (Lipinski definition) is 1. The molecule has 0 bridgehead atoms. The number of benzene rings is 1. The van der Waals surface area contributed by atoms with Crippen molar-refractivity contribution in [1.82, 2.24) is 4.90 Å². The summed E-state index contributed by atoms with van der Waals surface area (Å²) in [6, 6.07) is 7.05. The smallest absolute Gasteiger partial charge is 0.253 e. The quantitative estimate of drug-likeness (QED) is 0.869. The molecule has 1 N–H and O–H groups in total. The normalized spacial score (nSPS) is 15.1. The van der Waals surface area contributed by atoms with Crippen molar-refractivity contribution in [3.63, 3.8) is 0 Å². The molecule has 0 atom stereocenters. The number of nitrogens with one attached hydrogen (secondary N) is 1. The lowest BCUT2D eigenvalue weighted by molar-refractivity contribution is -0.113. The van der Waals surface area contributed by atoms with Gasteiger partial charge < -0.3 is 10.2 Å². The second-order valence-electron chi connectivity index (χ2n) is 4.61. The number of carbonyl (C=O) groups is 2. The molecule has 0 aliphatic carbocycles. The molecule has 0 radical (unpaired) electrons. The van der Waals surface area contributed by atoms with Crippen molar-refractivity contribution in [3.8, 4) is 0 Å². The van der Waals surface area contributed by atoms with Gasteiger partial charge in [0.1, 0.15) is 0 Å². The fourth-order valence-electron chi connectivity index (χ4n) is 2.17. The third kappa shape index (κ3) is 3.80. The number of rotatable bonds is 3. The maximum absolute atomic E-state index is 12.2. The molecular weight excluding hydrogens is 308 g/mol. The van der Waals surface area contributed by atoms with Gasteiger partial charge in [0.25, 0.3) is 5.91 Å². The summed E-state index contributed by atoms with van der Waals surface area (Å²) in [6.07, 6.45) is 3.39. The van der Waals surface area contributed by atoms with E-state index in [1.807, 2.05) is 4.90 Å². The molecule has 4 nitrogen and oxygen atoms in total. The molecule has 0 unspecified atom stereocenters. The van der Waals surface area contributed by atoms with Crippen LogP contribution in [0.1, 0.15) is 29.6 Å². The van der Waals surface area contributed by atoms with Crippen LogP contribution in [0.2, 0.25) is 0 Å². The molecule has 2 rings (SSSR count). The number of hydrogen-bond acceptors (Lipinski definition) is 2. The van der Waals surface area contributed by atoms with Crippen molar-refractivity contribution in [2.24, 2.45) is 0 Å². The summed E-state index contributed by atoms with van der Waals surface area (Å²) in [5.41, 5.74) is 1.39. The standard InChI is InChI=1S/C14H17BrN2O2/c15-10-13(18)16-12-6-4-11(5-7-12)14(19)17-8-2-1-3-9-17/h4-7H,1-3,8-10H2,(H,16,18). The minimum Gasteiger partial charge on any atom is -0.339 e. The zero-order valence-electron chi connectivity index (χ0n) is 10.7. The van der Waals surface area contributed by atoms with Crippen molar-refractivity contribution >= 4 is 33.4 Å². The second-order valence-corrected chi connectivity index (χ2v) is 5.17. The van der Waals surface area contributed by atoms with Crippen LogP contribution in [0, 0.1) is 0 Å². The summed E-state index contributed by atoms with van der Waals surface area (Å²) in [4.78, 5) is 25.3. The molecule has 1 aliphatic heterocycles. The highest BCUT2D eigenvalue weighted by molar-refractivity contribution is 9.09. The molecule has 1 saturated heterocycles. The summed E-state index contributed by atoms with van der Waals surface area (Å²) in [5.74, 6) is -0.0202. The summed E-state index contributed by atoms with van der Waals surface area (Å²) in [6.45, 7) is 1.70. The minimum atomic E-state index is -0.102.